The van der Waals surface area contributed by atoms with Gasteiger partial charge in [-0.15, -0.1) is 10.7 Å². The highest BCUT2D eigenvalue weighted by atomic mass is 32.2. The molecule has 2 aromatic carbocycles. The van der Waals surface area contributed by atoms with Crippen LogP contribution >= 0.6 is 11.9 Å². The molecule has 160 valence electrons. The van der Waals surface area contributed by atoms with E-state index < -0.39 is 0 Å². The lowest BCUT2D eigenvalue weighted by molar-refractivity contribution is 0.290. The molecule has 0 aliphatic rings. The molecule has 1 heterocycles. The van der Waals surface area contributed by atoms with E-state index in [9.17, 15) is 4.39 Å². The monoisotopic (exact) mass is 447 g/mol. The smallest absolute Gasteiger partial charge is 0.145 e. The second kappa shape index (κ2) is 10.2. The van der Waals surface area contributed by atoms with Gasteiger partial charge in [0.15, 0.2) is 0 Å². The average Bonchev–Trinajstić information content (AvgIpc) is 2.67. The number of anilines is 2. The van der Waals surface area contributed by atoms with Crippen molar-refractivity contribution in [2.24, 2.45) is 4.36 Å². The minimum Gasteiger partial charge on any atom is -0.490 e. The number of aromatic nitrogens is 2. The lowest BCUT2D eigenvalue weighted by atomic mass is 10.1. The van der Waals surface area contributed by atoms with Gasteiger partial charge in [-0.2, -0.15) is 0 Å². The van der Waals surface area contributed by atoms with E-state index in [4.69, 9.17) is 4.74 Å². The van der Waals surface area contributed by atoms with Crippen molar-refractivity contribution in [3.8, 4) is 5.75 Å². The molecule has 0 fully saturated rings. The maximum Gasteiger partial charge on any atom is 0.145 e. The van der Waals surface area contributed by atoms with Gasteiger partial charge >= 0.3 is 0 Å². The summed E-state index contributed by atoms with van der Waals surface area (Å²) >= 11 is 1.52. The number of hydrogen-bond acceptors (Lipinski definition) is 7. The Balaban J connectivity index is 1.95. The molecule has 3 aromatic rings. The third-order valence-electron chi connectivity index (χ3n) is 4.21. The Labute approximate surface area is 183 Å². The summed E-state index contributed by atoms with van der Waals surface area (Å²) < 4.78 is 27.6. The fraction of sp³-hybridized carbons (Fsp3) is 0.333. The molecule has 0 saturated carbocycles. The molecule has 1 aromatic heterocycles. The molecule has 1 unspecified atom stereocenters. The molecule has 0 amide bonds. The van der Waals surface area contributed by atoms with E-state index in [1.807, 2.05) is 32.2 Å². The number of nitrogens with one attached hydrogen (secondary N) is 2. The number of halogens is 1. The van der Waals surface area contributed by atoms with Crippen molar-refractivity contribution in [3.63, 3.8) is 0 Å². The van der Waals surface area contributed by atoms with Gasteiger partial charge < -0.3 is 10.1 Å². The predicted molar refractivity (Wildman–Crippen MR) is 127 cm³/mol. The second-order valence-electron chi connectivity index (χ2n) is 7.04. The van der Waals surface area contributed by atoms with Crippen LogP contribution in [-0.4, -0.2) is 41.4 Å². The van der Waals surface area contributed by atoms with Crippen molar-refractivity contribution in [3.05, 3.63) is 48.0 Å². The lowest BCUT2D eigenvalue weighted by Crippen LogP contribution is -2.26. The van der Waals surface area contributed by atoms with Crippen LogP contribution in [-0.2, 0) is 10.7 Å². The van der Waals surface area contributed by atoms with Gasteiger partial charge in [-0.3, -0.25) is 4.72 Å². The standard InChI is InChI=1S/C21H26FN5OS2/c1-13-8-16(27-30(4)5)10-18-20(13)21(24-12-23-18)25-17-7-6-15(22)9-19(17)28-11-14(2)26-29-3/h6-10,12,14,26H,11H2,1-5H3,(H,23,24,25). The number of aryl methyl sites for hydroxylation is 1. The fourth-order valence-corrected chi connectivity index (χ4v) is 4.03. The summed E-state index contributed by atoms with van der Waals surface area (Å²) in [5, 5.41) is 4.20. The first kappa shape index (κ1) is 22.5. The second-order valence-corrected chi connectivity index (χ2v) is 9.42. The topological polar surface area (TPSA) is 71.4 Å². The van der Waals surface area contributed by atoms with Gasteiger partial charge in [0, 0.05) is 17.5 Å². The van der Waals surface area contributed by atoms with Gasteiger partial charge in [0.1, 0.15) is 30.3 Å². The zero-order chi connectivity index (χ0) is 21.7. The Morgan fingerprint density at radius 3 is 2.77 bits per heavy atom. The molecule has 1 atom stereocenters. The maximum absolute atomic E-state index is 13.9. The summed E-state index contributed by atoms with van der Waals surface area (Å²) in [7, 11) is -0.0607. The SMILES string of the molecule is CSNC(C)COc1cc(F)ccc1Nc1ncnc2cc(N=S(C)C)cc(C)c12. The molecular weight excluding hydrogens is 421 g/mol. The van der Waals surface area contributed by atoms with Gasteiger partial charge in [-0.1, -0.05) is 11.9 Å². The van der Waals surface area contributed by atoms with E-state index in [0.29, 0.717) is 23.9 Å². The number of benzene rings is 2. The normalized spacial score (nSPS) is 12.2. The van der Waals surface area contributed by atoms with Crippen LogP contribution in [0, 0.1) is 12.7 Å². The van der Waals surface area contributed by atoms with Crippen LogP contribution in [0.1, 0.15) is 12.5 Å². The third-order valence-corrected chi connectivity index (χ3v) is 5.43. The van der Waals surface area contributed by atoms with Crippen LogP contribution < -0.4 is 14.8 Å². The van der Waals surface area contributed by atoms with Crippen LogP contribution in [0.15, 0.2) is 41.0 Å². The highest BCUT2D eigenvalue weighted by molar-refractivity contribution is 7.96. The summed E-state index contributed by atoms with van der Waals surface area (Å²) in [5.41, 5.74) is 3.37. The molecule has 2 N–H and O–H groups in total. The Morgan fingerprint density at radius 1 is 1.23 bits per heavy atom. The van der Waals surface area contributed by atoms with E-state index >= 15 is 0 Å². The van der Waals surface area contributed by atoms with E-state index in [1.165, 1.54) is 30.4 Å². The molecule has 0 spiro atoms. The predicted octanol–water partition coefficient (Wildman–Crippen LogP) is 5.15. The van der Waals surface area contributed by atoms with Crippen LogP contribution in [0.3, 0.4) is 0 Å². The minimum atomic E-state index is -0.356. The molecule has 0 aliphatic carbocycles. The molecule has 0 bridgehead atoms. The minimum absolute atomic E-state index is 0.0607. The lowest BCUT2D eigenvalue weighted by Gasteiger charge is -2.17. The third kappa shape index (κ3) is 5.68. The van der Waals surface area contributed by atoms with Crippen LogP contribution in [0.25, 0.3) is 10.9 Å². The maximum atomic E-state index is 13.9. The highest BCUT2D eigenvalue weighted by Gasteiger charge is 2.13. The number of rotatable bonds is 8. The molecule has 0 radical (unpaired) electrons. The van der Waals surface area contributed by atoms with Gasteiger partial charge in [-0.25, -0.2) is 18.7 Å². The molecule has 3 rings (SSSR count). The Bertz CT molecular complexity index is 1070. The summed E-state index contributed by atoms with van der Waals surface area (Å²) in [5.74, 6) is 0.718. The van der Waals surface area contributed by atoms with Crippen molar-refractivity contribution in [1.82, 2.24) is 14.7 Å². The summed E-state index contributed by atoms with van der Waals surface area (Å²) in [6.45, 7) is 4.42. The van der Waals surface area contributed by atoms with E-state index in [0.717, 1.165) is 22.2 Å². The zero-order valence-corrected chi connectivity index (χ0v) is 19.3. The van der Waals surface area contributed by atoms with Gasteiger partial charge in [-0.05, 0) is 62.4 Å². The van der Waals surface area contributed by atoms with E-state index in [2.05, 4.69) is 36.9 Å². The number of fused-ring (bicyclic) bond motifs is 1. The quantitative estimate of drug-likeness (QED) is 0.466. The van der Waals surface area contributed by atoms with Crippen molar-refractivity contribution < 1.29 is 9.13 Å². The van der Waals surface area contributed by atoms with Crippen molar-refractivity contribution >= 4 is 50.7 Å². The van der Waals surface area contributed by atoms with Gasteiger partial charge in [0.25, 0.3) is 0 Å². The fourth-order valence-electron chi connectivity index (χ4n) is 3.03. The Hall–Kier alpha value is -2.23. The molecular formula is C21H26FN5OS2. The van der Waals surface area contributed by atoms with Crippen LogP contribution in [0.2, 0.25) is 0 Å². The first-order valence-electron chi connectivity index (χ1n) is 9.40. The van der Waals surface area contributed by atoms with Crippen molar-refractivity contribution in [2.75, 3.05) is 30.7 Å². The van der Waals surface area contributed by atoms with Crippen LogP contribution in [0.5, 0.6) is 5.75 Å². The van der Waals surface area contributed by atoms with Gasteiger partial charge in [0.2, 0.25) is 0 Å². The average molecular weight is 448 g/mol. The summed E-state index contributed by atoms with van der Waals surface area (Å²) in [6.07, 6.45) is 7.60. The molecule has 0 saturated heterocycles. The Kier molecular flexibility index (Phi) is 7.63. The largest absolute Gasteiger partial charge is 0.490 e. The molecule has 6 nitrogen and oxygen atoms in total. The molecule has 9 heteroatoms. The molecule has 30 heavy (non-hydrogen) atoms. The first-order valence-corrected chi connectivity index (χ1v) is 12.6. The van der Waals surface area contributed by atoms with Crippen LogP contribution in [0.4, 0.5) is 21.6 Å². The number of hydrogen-bond donors (Lipinski definition) is 2. The number of nitrogens with zero attached hydrogens (tertiary/aromatic N) is 3. The van der Waals surface area contributed by atoms with E-state index in [1.54, 1.807) is 6.07 Å². The summed E-state index contributed by atoms with van der Waals surface area (Å²) in [4.78, 5) is 8.84. The molecule has 0 aliphatic heterocycles. The van der Waals surface area contributed by atoms with Gasteiger partial charge in [0.05, 0.1) is 16.9 Å². The Morgan fingerprint density at radius 2 is 2.03 bits per heavy atom. The summed E-state index contributed by atoms with van der Waals surface area (Å²) in [6, 6.07) is 8.54. The van der Waals surface area contributed by atoms with Crippen molar-refractivity contribution in [1.29, 1.82) is 0 Å². The number of ether oxygens (including phenoxy) is 1. The van der Waals surface area contributed by atoms with Crippen molar-refractivity contribution in [2.45, 2.75) is 19.9 Å². The highest BCUT2D eigenvalue weighted by Crippen LogP contribution is 2.33. The first-order chi connectivity index (χ1) is 14.4. The zero-order valence-electron chi connectivity index (χ0n) is 17.7. The van der Waals surface area contributed by atoms with E-state index in [-0.39, 0.29) is 22.6 Å².